The van der Waals surface area contributed by atoms with Crippen LogP contribution < -0.4 is 11.3 Å². The van der Waals surface area contributed by atoms with Gasteiger partial charge in [-0.2, -0.15) is 4.68 Å². The Morgan fingerprint density at radius 1 is 1.13 bits per heavy atom. The highest BCUT2D eigenvalue weighted by molar-refractivity contribution is 7.80. The molecule has 0 saturated carbocycles. The summed E-state index contributed by atoms with van der Waals surface area (Å²) in [5.74, 6) is 0. The quantitative estimate of drug-likeness (QED) is 0.199. The summed E-state index contributed by atoms with van der Waals surface area (Å²) in [6.45, 7) is 0. The number of hydrogen-bond donors (Lipinski definition) is 2. The van der Waals surface area contributed by atoms with Gasteiger partial charge in [-0.1, -0.05) is 30.3 Å². The summed E-state index contributed by atoms with van der Waals surface area (Å²) >= 11 is 6.17. The molecule has 0 unspecified atom stereocenters. The highest BCUT2D eigenvalue weighted by Gasteiger charge is 2.18. The third-order valence-corrected chi connectivity index (χ3v) is 5.16. The van der Waals surface area contributed by atoms with Crippen molar-refractivity contribution in [1.29, 1.82) is 0 Å². The minimum absolute atomic E-state index is 0.0434. The molecule has 154 valence electrons. The van der Waals surface area contributed by atoms with Crippen molar-refractivity contribution in [3.05, 3.63) is 80.4 Å². The molecule has 0 amide bonds. The Labute approximate surface area is 183 Å². The maximum absolute atomic E-state index is 12.7. The molecule has 0 aliphatic heterocycles. The lowest BCUT2D eigenvalue weighted by Gasteiger charge is -1.99. The molecule has 0 fully saturated rings. The lowest BCUT2D eigenvalue weighted by molar-refractivity contribution is -0.384. The summed E-state index contributed by atoms with van der Waals surface area (Å²) in [6.07, 6.45) is 0. The SMILES string of the molecule is NC(=S)n1[nH]c(-c2ccc([N+](=O)[O-])cc2)c(N=Nc2nc(-c3ccccc3)cs2)c1=O. The van der Waals surface area contributed by atoms with Crippen LogP contribution in [-0.4, -0.2) is 24.8 Å². The summed E-state index contributed by atoms with van der Waals surface area (Å²) in [5.41, 5.74) is 7.32. The van der Waals surface area contributed by atoms with Crippen molar-refractivity contribution in [1.82, 2.24) is 14.8 Å². The Morgan fingerprint density at radius 3 is 2.48 bits per heavy atom. The van der Waals surface area contributed by atoms with Crippen molar-refractivity contribution in [3.63, 3.8) is 0 Å². The van der Waals surface area contributed by atoms with E-state index in [4.69, 9.17) is 18.0 Å². The predicted molar refractivity (Wildman–Crippen MR) is 121 cm³/mol. The topological polar surface area (TPSA) is 145 Å². The Bertz CT molecular complexity index is 1360. The van der Waals surface area contributed by atoms with Gasteiger partial charge in [0.25, 0.3) is 5.69 Å². The molecule has 4 aromatic rings. The second-order valence-electron chi connectivity index (χ2n) is 6.20. The van der Waals surface area contributed by atoms with E-state index in [1.165, 1.54) is 35.6 Å². The van der Waals surface area contributed by atoms with Gasteiger partial charge >= 0.3 is 5.56 Å². The van der Waals surface area contributed by atoms with E-state index in [1.54, 1.807) is 0 Å². The molecule has 0 saturated heterocycles. The lowest BCUT2D eigenvalue weighted by atomic mass is 10.1. The second kappa shape index (κ2) is 8.38. The number of aromatic amines is 1. The Kier molecular flexibility index (Phi) is 5.47. The largest absolute Gasteiger partial charge is 0.374 e. The normalized spacial score (nSPS) is 11.1. The Morgan fingerprint density at radius 2 is 1.84 bits per heavy atom. The zero-order chi connectivity index (χ0) is 22.0. The maximum atomic E-state index is 12.7. The number of nitro benzene ring substituents is 1. The van der Waals surface area contributed by atoms with E-state index in [-0.39, 0.29) is 22.2 Å². The highest BCUT2D eigenvalue weighted by atomic mass is 32.1. The Hall–Kier alpha value is -4.03. The molecule has 0 bridgehead atoms. The van der Waals surface area contributed by atoms with E-state index in [2.05, 4.69) is 20.3 Å². The number of nitrogens with one attached hydrogen (secondary N) is 1. The minimum Gasteiger partial charge on any atom is -0.374 e. The van der Waals surface area contributed by atoms with Crippen LogP contribution >= 0.6 is 23.6 Å². The molecule has 2 heterocycles. The zero-order valence-corrected chi connectivity index (χ0v) is 17.3. The molecule has 10 nitrogen and oxygen atoms in total. The number of benzene rings is 2. The zero-order valence-electron chi connectivity index (χ0n) is 15.6. The van der Waals surface area contributed by atoms with Crippen LogP contribution in [0, 0.1) is 10.1 Å². The molecule has 2 aromatic heterocycles. The van der Waals surface area contributed by atoms with Gasteiger partial charge in [-0.15, -0.1) is 21.6 Å². The van der Waals surface area contributed by atoms with Gasteiger partial charge in [0.1, 0.15) is 0 Å². The van der Waals surface area contributed by atoms with E-state index in [0.29, 0.717) is 10.7 Å². The van der Waals surface area contributed by atoms with Crippen LogP contribution in [-0.2, 0) is 0 Å². The first-order chi connectivity index (χ1) is 14.9. The van der Waals surface area contributed by atoms with Gasteiger partial charge in [0.2, 0.25) is 5.13 Å². The van der Waals surface area contributed by atoms with Gasteiger partial charge in [-0.3, -0.25) is 20.0 Å². The fourth-order valence-corrected chi connectivity index (χ4v) is 3.55. The maximum Gasteiger partial charge on any atom is 0.301 e. The van der Waals surface area contributed by atoms with E-state index in [9.17, 15) is 14.9 Å². The second-order valence-corrected chi connectivity index (χ2v) is 7.45. The summed E-state index contributed by atoms with van der Waals surface area (Å²) in [5, 5.41) is 23.8. The molecule has 2 aromatic carbocycles. The van der Waals surface area contributed by atoms with Crippen LogP contribution in [0.1, 0.15) is 0 Å². The van der Waals surface area contributed by atoms with Crippen LogP contribution in [0.3, 0.4) is 0 Å². The molecule has 31 heavy (non-hydrogen) atoms. The smallest absolute Gasteiger partial charge is 0.301 e. The first-order valence-electron chi connectivity index (χ1n) is 8.76. The molecule has 4 rings (SSSR count). The number of H-pyrrole nitrogens is 1. The Balaban J connectivity index is 1.72. The average molecular weight is 451 g/mol. The van der Waals surface area contributed by atoms with Crippen LogP contribution in [0.25, 0.3) is 22.5 Å². The molecular weight excluding hydrogens is 438 g/mol. The third kappa shape index (κ3) is 4.15. The number of hydrogen-bond acceptors (Lipinski definition) is 8. The third-order valence-electron chi connectivity index (χ3n) is 4.25. The van der Waals surface area contributed by atoms with E-state index >= 15 is 0 Å². The standard InChI is InChI=1S/C19H13N7O3S2/c20-18(30)25-17(27)16(15(24-25)12-6-8-13(9-7-12)26(28)29)22-23-19-21-14(10-31-19)11-4-2-1-3-5-11/h1-10,24H,(H2,20,30). The van der Waals surface area contributed by atoms with Crippen LogP contribution in [0.2, 0.25) is 0 Å². The van der Waals surface area contributed by atoms with Gasteiger partial charge in [0.05, 0.1) is 16.3 Å². The van der Waals surface area contributed by atoms with E-state index in [0.717, 1.165) is 15.9 Å². The van der Waals surface area contributed by atoms with Gasteiger partial charge in [0.15, 0.2) is 10.8 Å². The molecule has 0 atom stereocenters. The van der Waals surface area contributed by atoms with Crippen LogP contribution in [0.4, 0.5) is 16.5 Å². The van der Waals surface area contributed by atoms with Crippen molar-refractivity contribution in [2.75, 3.05) is 0 Å². The van der Waals surface area contributed by atoms with Gasteiger partial charge in [0, 0.05) is 28.6 Å². The molecule has 0 aliphatic carbocycles. The number of azo groups is 1. The van der Waals surface area contributed by atoms with Crippen molar-refractivity contribution in [2.45, 2.75) is 0 Å². The fourth-order valence-electron chi connectivity index (χ4n) is 2.77. The fraction of sp³-hybridized carbons (Fsp3) is 0. The predicted octanol–water partition coefficient (Wildman–Crippen LogP) is 4.38. The first-order valence-corrected chi connectivity index (χ1v) is 10.0. The molecule has 0 aliphatic rings. The van der Waals surface area contributed by atoms with Gasteiger partial charge in [-0.25, -0.2) is 4.98 Å². The number of nitro groups is 1. The van der Waals surface area contributed by atoms with Crippen LogP contribution in [0.5, 0.6) is 0 Å². The summed E-state index contributed by atoms with van der Waals surface area (Å²) in [7, 11) is 0. The van der Waals surface area contributed by atoms with Crippen LogP contribution in [0.15, 0.2) is 75.0 Å². The number of aromatic nitrogens is 3. The molecule has 12 heteroatoms. The first kappa shape index (κ1) is 20.3. The van der Waals surface area contributed by atoms with Crippen molar-refractivity contribution in [3.8, 4) is 22.5 Å². The van der Waals surface area contributed by atoms with Crippen molar-refractivity contribution in [2.24, 2.45) is 16.0 Å². The summed E-state index contributed by atoms with van der Waals surface area (Å²) < 4.78 is 0.956. The number of rotatable bonds is 5. The summed E-state index contributed by atoms with van der Waals surface area (Å²) in [4.78, 5) is 27.5. The number of nitrogens with zero attached hydrogens (tertiary/aromatic N) is 5. The number of thiocarbonyl (C=S) groups is 1. The monoisotopic (exact) mass is 451 g/mol. The lowest BCUT2D eigenvalue weighted by Crippen LogP contribution is -2.29. The molecule has 0 radical (unpaired) electrons. The highest BCUT2D eigenvalue weighted by Crippen LogP contribution is 2.31. The van der Waals surface area contributed by atoms with Crippen molar-refractivity contribution >= 4 is 45.2 Å². The number of thiazole rings is 1. The van der Waals surface area contributed by atoms with E-state index < -0.39 is 10.5 Å². The number of nitrogens with two attached hydrogens (primary N) is 1. The summed E-state index contributed by atoms with van der Waals surface area (Å²) in [6, 6.07) is 15.2. The van der Waals surface area contributed by atoms with Gasteiger partial charge in [-0.05, 0) is 24.4 Å². The molecule has 0 spiro atoms. The van der Waals surface area contributed by atoms with Crippen molar-refractivity contribution < 1.29 is 4.92 Å². The van der Waals surface area contributed by atoms with Gasteiger partial charge < -0.3 is 5.73 Å². The minimum atomic E-state index is -0.593. The van der Waals surface area contributed by atoms with E-state index in [1.807, 2.05) is 35.7 Å². The number of non-ortho nitro benzene ring substituents is 1. The average Bonchev–Trinajstić information content (AvgIpc) is 3.37. The molecule has 3 N–H and O–H groups in total. The molecular formula is C19H13N7O3S2.